The summed E-state index contributed by atoms with van der Waals surface area (Å²) in [7, 11) is -3.25. The van der Waals surface area contributed by atoms with Gasteiger partial charge in [-0.15, -0.1) is 0 Å². The van der Waals surface area contributed by atoms with E-state index in [-0.39, 0.29) is 5.75 Å². The third-order valence-electron chi connectivity index (χ3n) is 2.83. The Morgan fingerprint density at radius 2 is 1.76 bits per heavy atom. The van der Waals surface area contributed by atoms with Crippen molar-refractivity contribution in [2.45, 2.75) is 31.6 Å². The monoisotopic (exact) mass is 276 g/mol. The van der Waals surface area contributed by atoms with Crippen LogP contribution in [0.25, 0.3) is 0 Å². The first-order chi connectivity index (χ1) is 7.92. The SMILES string of the molecule is CC[C@H]([C@@H](O)c1ccc(Cl)cc1)S(=O)(=O)CC. The van der Waals surface area contributed by atoms with Gasteiger partial charge in [-0.25, -0.2) is 8.42 Å². The summed E-state index contributed by atoms with van der Waals surface area (Å²) in [6.07, 6.45) is -0.609. The third-order valence-corrected chi connectivity index (χ3v) is 5.40. The average molecular weight is 277 g/mol. The number of hydrogen-bond donors (Lipinski definition) is 1. The van der Waals surface area contributed by atoms with Crippen LogP contribution in [0.1, 0.15) is 31.9 Å². The lowest BCUT2D eigenvalue weighted by Crippen LogP contribution is -2.29. The Labute approximate surface area is 107 Å². The van der Waals surface area contributed by atoms with E-state index in [0.717, 1.165) is 0 Å². The Morgan fingerprint density at radius 3 is 2.18 bits per heavy atom. The van der Waals surface area contributed by atoms with Gasteiger partial charge in [0, 0.05) is 10.8 Å². The fourth-order valence-electron chi connectivity index (χ4n) is 1.76. The quantitative estimate of drug-likeness (QED) is 0.899. The summed E-state index contributed by atoms with van der Waals surface area (Å²) in [6, 6.07) is 6.60. The van der Waals surface area contributed by atoms with Crippen LogP contribution >= 0.6 is 11.6 Å². The summed E-state index contributed by atoms with van der Waals surface area (Å²) in [6.45, 7) is 3.35. The molecule has 3 nitrogen and oxygen atoms in total. The maximum atomic E-state index is 11.8. The zero-order chi connectivity index (χ0) is 13.1. The molecular weight excluding hydrogens is 260 g/mol. The number of aliphatic hydroxyl groups is 1. The van der Waals surface area contributed by atoms with Gasteiger partial charge in [-0.05, 0) is 24.1 Å². The molecule has 2 atom stereocenters. The first kappa shape index (κ1) is 14.5. The minimum absolute atomic E-state index is 0.0379. The molecule has 0 bridgehead atoms. The number of hydrogen-bond acceptors (Lipinski definition) is 3. The molecular formula is C12H17ClO3S. The van der Waals surface area contributed by atoms with E-state index in [2.05, 4.69) is 0 Å². The molecule has 17 heavy (non-hydrogen) atoms. The number of benzene rings is 1. The molecule has 1 N–H and O–H groups in total. The van der Waals surface area contributed by atoms with E-state index >= 15 is 0 Å². The van der Waals surface area contributed by atoms with Crippen LogP contribution in [0.3, 0.4) is 0 Å². The van der Waals surface area contributed by atoms with Crippen molar-refractivity contribution in [1.29, 1.82) is 0 Å². The minimum Gasteiger partial charge on any atom is -0.387 e. The second-order valence-electron chi connectivity index (χ2n) is 3.89. The number of sulfone groups is 1. The molecule has 1 aromatic rings. The van der Waals surface area contributed by atoms with Crippen LogP contribution in [0, 0.1) is 0 Å². The molecule has 1 aromatic carbocycles. The zero-order valence-corrected chi connectivity index (χ0v) is 11.5. The zero-order valence-electron chi connectivity index (χ0n) is 9.93. The standard InChI is InChI=1S/C12H17ClO3S/c1-3-11(17(15,16)4-2)12(14)9-5-7-10(13)8-6-9/h5-8,11-12,14H,3-4H2,1-2H3/t11-,12+/m1/s1. The van der Waals surface area contributed by atoms with Crippen LogP contribution in [-0.4, -0.2) is 24.5 Å². The molecule has 5 heteroatoms. The van der Waals surface area contributed by atoms with Gasteiger partial charge in [0.25, 0.3) is 0 Å². The molecule has 0 aliphatic rings. The molecule has 0 aliphatic carbocycles. The van der Waals surface area contributed by atoms with E-state index in [1.54, 1.807) is 38.1 Å². The van der Waals surface area contributed by atoms with Gasteiger partial charge in [-0.2, -0.15) is 0 Å². The van der Waals surface area contributed by atoms with E-state index in [0.29, 0.717) is 17.0 Å². The van der Waals surface area contributed by atoms with Crippen molar-refractivity contribution < 1.29 is 13.5 Å². The van der Waals surface area contributed by atoms with Gasteiger partial charge in [0.15, 0.2) is 9.84 Å². The molecule has 0 heterocycles. The average Bonchev–Trinajstić information content (AvgIpc) is 2.30. The lowest BCUT2D eigenvalue weighted by molar-refractivity contribution is 0.169. The molecule has 0 aromatic heterocycles. The Kier molecular flexibility index (Phi) is 4.98. The maximum Gasteiger partial charge on any atom is 0.155 e. The summed E-state index contributed by atoms with van der Waals surface area (Å²) in [5.74, 6) is 0.0379. The minimum atomic E-state index is -3.25. The fraction of sp³-hybridized carbons (Fsp3) is 0.500. The van der Waals surface area contributed by atoms with E-state index in [4.69, 9.17) is 11.6 Å². The third kappa shape index (κ3) is 3.44. The van der Waals surface area contributed by atoms with Gasteiger partial charge >= 0.3 is 0 Å². The fourth-order valence-corrected chi connectivity index (χ4v) is 3.37. The summed E-state index contributed by atoms with van der Waals surface area (Å²) >= 11 is 5.75. The van der Waals surface area contributed by atoms with Gasteiger partial charge in [0.2, 0.25) is 0 Å². The van der Waals surface area contributed by atoms with Gasteiger partial charge < -0.3 is 5.11 Å². The highest BCUT2D eigenvalue weighted by atomic mass is 35.5. The highest BCUT2D eigenvalue weighted by Crippen LogP contribution is 2.26. The van der Waals surface area contributed by atoms with Crippen LogP contribution in [0.2, 0.25) is 5.02 Å². The molecule has 0 radical (unpaired) electrons. The second kappa shape index (κ2) is 5.85. The van der Waals surface area contributed by atoms with Crippen LogP contribution in [0.4, 0.5) is 0 Å². The number of rotatable bonds is 5. The van der Waals surface area contributed by atoms with Gasteiger partial charge in [-0.1, -0.05) is 37.6 Å². The lowest BCUT2D eigenvalue weighted by atomic mass is 10.1. The molecule has 0 spiro atoms. The summed E-state index contributed by atoms with van der Waals surface area (Å²) in [5, 5.41) is 9.92. The largest absolute Gasteiger partial charge is 0.387 e. The van der Waals surface area contributed by atoms with E-state index in [1.165, 1.54) is 0 Å². The number of aliphatic hydroxyl groups excluding tert-OH is 1. The first-order valence-corrected chi connectivity index (χ1v) is 7.66. The second-order valence-corrected chi connectivity index (χ2v) is 6.84. The van der Waals surface area contributed by atoms with Crippen molar-refractivity contribution in [3.8, 4) is 0 Å². The molecule has 0 fully saturated rings. The molecule has 96 valence electrons. The Hall–Kier alpha value is -0.580. The predicted molar refractivity (Wildman–Crippen MR) is 70.0 cm³/mol. The van der Waals surface area contributed by atoms with Crippen LogP contribution in [0.15, 0.2) is 24.3 Å². The van der Waals surface area contributed by atoms with E-state index in [9.17, 15) is 13.5 Å². The topological polar surface area (TPSA) is 54.4 Å². The van der Waals surface area contributed by atoms with Crippen molar-refractivity contribution in [2.24, 2.45) is 0 Å². The van der Waals surface area contributed by atoms with Gasteiger partial charge in [0.05, 0.1) is 11.4 Å². The highest BCUT2D eigenvalue weighted by Gasteiger charge is 2.30. The van der Waals surface area contributed by atoms with Gasteiger partial charge in [-0.3, -0.25) is 0 Å². The molecule has 0 unspecified atom stereocenters. The summed E-state index contributed by atoms with van der Waals surface area (Å²) < 4.78 is 23.7. The van der Waals surface area contributed by atoms with Crippen molar-refractivity contribution in [3.63, 3.8) is 0 Å². The van der Waals surface area contributed by atoms with E-state index < -0.39 is 21.2 Å². The molecule has 0 amide bonds. The normalized spacial score (nSPS) is 15.5. The van der Waals surface area contributed by atoms with Crippen molar-refractivity contribution >= 4 is 21.4 Å². The molecule has 1 rings (SSSR count). The maximum absolute atomic E-state index is 11.8. The Balaban J connectivity index is 3.02. The molecule has 0 aliphatic heterocycles. The smallest absolute Gasteiger partial charge is 0.155 e. The lowest BCUT2D eigenvalue weighted by Gasteiger charge is -2.21. The van der Waals surface area contributed by atoms with Crippen LogP contribution in [0.5, 0.6) is 0 Å². The van der Waals surface area contributed by atoms with Crippen molar-refractivity contribution in [3.05, 3.63) is 34.9 Å². The van der Waals surface area contributed by atoms with E-state index in [1.807, 2.05) is 0 Å². The van der Waals surface area contributed by atoms with Crippen LogP contribution in [-0.2, 0) is 9.84 Å². The van der Waals surface area contributed by atoms with Crippen molar-refractivity contribution in [1.82, 2.24) is 0 Å². The van der Waals surface area contributed by atoms with Gasteiger partial charge in [0.1, 0.15) is 0 Å². The van der Waals surface area contributed by atoms with Crippen molar-refractivity contribution in [2.75, 3.05) is 5.75 Å². The Bertz CT molecular complexity index is 453. The summed E-state index contributed by atoms with van der Waals surface area (Å²) in [4.78, 5) is 0. The predicted octanol–water partition coefficient (Wildman–Crippen LogP) is 2.59. The summed E-state index contributed by atoms with van der Waals surface area (Å²) in [5.41, 5.74) is 0.582. The molecule has 0 saturated carbocycles. The molecule has 0 saturated heterocycles. The first-order valence-electron chi connectivity index (χ1n) is 5.57. The highest BCUT2D eigenvalue weighted by molar-refractivity contribution is 7.92. The number of halogens is 1. The Morgan fingerprint density at radius 1 is 1.24 bits per heavy atom. The van der Waals surface area contributed by atoms with Crippen LogP contribution < -0.4 is 0 Å².